The Kier molecular flexibility index (Phi) is 4.88. The van der Waals surface area contributed by atoms with Crippen LogP contribution < -0.4 is 10.5 Å². The third-order valence-electron chi connectivity index (χ3n) is 2.92. The Balaban J connectivity index is 2.27. The van der Waals surface area contributed by atoms with E-state index in [0.717, 1.165) is 5.56 Å². The summed E-state index contributed by atoms with van der Waals surface area (Å²) in [7, 11) is -3.21. The lowest BCUT2D eigenvalue weighted by Crippen LogP contribution is -2.04. The van der Waals surface area contributed by atoms with Gasteiger partial charge in [-0.3, -0.25) is 0 Å². The van der Waals surface area contributed by atoms with Crippen LogP contribution in [0.3, 0.4) is 0 Å². The van der Waals surface area contributed by atoms with Crippen molar-refractivity contribution in [2.75, 3.05) is 12.8 Å². The molecule has 2 aromatic rings. The fourth-order valence-electron chi connectivity index (χ4n) is 1.87. The van der Waals surface area contributed by atoms with Gasteiger partial charge in [0.1, 0.15) is 11.5 Å². The van der Waals surface area contributed by atoms with Crippen LogP contribution in [0.5, 0.6) is 11.5 Å². The summed E-state index contributed by atoms with van der Waals surface area (Å²) in [5.41, 5.74) is 6.53. The molecule has 2 N–H and O–H groups in total. The molecule has 2 rings (SSSR count). The Morgan fingerprint density at radius 2 is 1.81 bits per heavy atom. The van der Waals surface area contributed by atoms with Gasteiger partial charge in [0.2, 0.25) is 0 Å². The van der Waals surface area contributed by atoms with Crippen LogP contribution in [-0.2, 0) is 16.3 Å². The highest BCUT2D eigenvalue weighted by Gasteiger charge is 2.09. The summed E-state index contributed by atoms with van der Waals surface area (Å²) in [6.45, 7) is 0.505. The van der Waals surface area contributed by atoms with E-state index in [9.17, 15) is 8.42 Å². The maximum absolute atomic E-state index is 11.4. The summed E-state index contributed by atoms with van der Waals surface area (Å²) in [5.74, 6) is 1.17. The molecule has 0 unspecified atom stereocenters. The van der Waals surface area contributed by atoms with Gasteiger partial charge in [0.15, 0.2) is 9.84 Å². The Morgan fingerprint density at radius 1 is 1.14 bits per heavy atom. The number of hydrogen-bond acceptors (Lipinski definition) is 4. The maximum Gasteiger partial charge on any atom is 0.175 e. The van der Waals surface area contributed by atoms with Crippen LogP contribution in [0.2, 0.25) is 5.02 Å². The standard InChI is InChI=1S/C15H16ClNO3S/c1-21(18,19)14-6-4-13(5-7-14)20-15-10-12(16)3-2-11(15)8-9-17/h2-7,10H,8-9,17H2,1H3. The van der Waals surface area contributed by atoms with Gasteiger partial charge in [-0.1, -0.05) is 17.7 Å². The first-order chi connectivity index (χ1) is 9.90. The number of hydrogen-bond donors (Lipinski definition) is 1. The highest BCUT2D eigenvalue weighted by Crippen LogP contribution is 2.29. The van der Waals surface area contributed by atoms with Crippen molar-refractivity contribution in [2.24, 2.45) is 5.73 Å². The molecule has 0 aliphatic heterocycles. The van der Waals surface area contributed by atoms with E-state index in [1.54, 1.807) is 24.3 Å². The molecule has 0 bridgehead atoms. The lowest BCUT2D eigenvalue weighted by Gasteiger charge is -2.11. The number of rotatable bonds is 5. The quantitative estimate of drug-likeness (QED) is 0.917. The molecule has 0 saturated heterocycles. The normalized spacial score (nSPS) is 11.4. The molecule has 0 fully saturated rings. The molecule has 112 valence electrons. The van der Waals surface area contributed by atoms with Gasteiger partial charge < -0.3 is 10.5 Å². The topological polar surface area (TPSA) is 69.4 Å². The third-order valence-corrected chi connectivity index (χ3v) is 4.29. The zero-order valence-corrected chi connectivity index (χ0v) is 13.1. The summed E-state index contributed by atoms with van der Waals surface area (Å²) in [6.07, 6.45) is 1.84. The maximum atomic E-state index is 11.4. The first-order valence-corrected chi connectivity index (χ1v) is 8.63. The molecule has 0 amide bonds. The third kappa shape index (κ3) is 4.20. The Morgan fingerprint density at radius 3 is 2.38 bits per heavy atom. The van der Waals surface area contributed by atoms with Crippen LogP contribution in [0.25, 0.3) is 0 Å². The van der Waals surface area contributed by atoms with Crippen molar-refractivity contribution in [1.82, 2.24) is 0 Å². The molecule has 0 aliphatic carbocycles. The fraction of sp³-hybridized carbons (Fsp3) is 0.200. The van der Waals surface area contributed by atoms with Crippen LogP contribution in [0, 0.1) is 0 Å². The highest BCUT2D eigenvalue weighted by molar-refractivity contribution is 7.90. The van der Waals surface area contributed by atoms with Crippen molar-refractivity contribution in [2.45, 2.75) is 11.3 Å². The molecule has 0 aromatic heterocycles. The van der Waals surface area contributed by atoms with Crippen LogP contribution in [0.4, 0.5) is 0 Å². The predicted molar refractivity (Wildman–Crippen MR) is 83.8 cm³/mol. The van der Waals surface area contributed by atoms with Crippen molar-refractivity contribution < 1.29 is 13.2 Å². The van der Waals surface area contributed by atoms with E-state index < -0.39 is 9.84 Å². The smallest absolute Gasteiger partial charge is 0.175 e. The second kappa shape index (κ2) is 6.47. The lowest BCUT2D eigenvalue weighted by atomic mass is 10.1. The fourth-order valence-corrected chi connectivity index (χ4v) is 2.66. The van der Waals surface area contributed by atoms with Gasteiger partial charge in [0.25, 0.3) is 0 Å². The van der Waals surface area contributed by atoms with E-state index in [1.807, 2.05) is 6.07 Å². The number of halogens is 1. The molecule has 0 radical (unpaired) electrons. The number of nitrogens with two attached hydrogens (primary N) is 1. The summed E-state index contributed by atoms with van der Waals surface area (Å²) in [6, 6.07) is 11.6. The van der Waals surface area contributed by atoms with Gasteiger partial charge in [0.05, 0.1) is 4.90 Å². The van der Waals surface area contributed by atoms with E-state index in [1.165, 1.54) is 18.4 Å². The van der Waals surface area contributed by atoms with Gasteiger partial charge in [-0.2, -0.15) is 0 Å². The summed E-state index contributed by atoms with van der Waals surface area (Å²) in [5, 5.41) is 0.568. The lowest BCUT2D eigenvalue weighted by molar-refractivity contribution is 0.476. The van der Waals surface area contributed by atoms with E-state index >= 15 is 0 Å². The molecule has 4 nitrogen and oxygen atoms in total. The average molecular weight is 326 g/mol. The van der Waals surface area contributed by atoms with Gasteiger partial charge in [-0.15, -0.1) is 0 Å². The van der Waals surface area contributed by atoms with Gasteiger partial charge in [-0.25, -0.2) is 8.42 Å². The van der Waals surface area contributed by atoms with Crippen molar-refractivity contribution in [1.29, 1.82) is 0 Å². The van der Waals surface area contributed by atoms with E-state index in [-0.39, 0.29) is 4.90 Å². The Hall–Kier alpha value is -1.56. The molecular weight excluding hydrogens is 310 g/mol. The molecule has 0 heterocycles. The van der Waals surface area contributed by atoms with Crippen LogP contribution in [0.1, 0.15) is 5.56 Å². The second-order valence-corrected chi connectivity index (χ2v) is 7.09. The zero-order chi connectivity index (χ0) is 15.5. The monoisotopic (exact) mass is 325 g/mol. The van der Waals surface area contributed by atoms with E-state index in [0.29, 0.717) is 29.5 Å². The van der Waals surface area contributed by atoms with Crippen molar-refractivity contribution >= 4 is 21.4 Å². The predicted octanol–water partition coefficient (Wildman–Crippen LogP) is 3.04. The molecule has 0 aliphatic rings. The van der Waals surface area contributed by atoms with E-state index in [4.69, 9.17) is 22.1 Å². The molecule has 0 saturated carbocycles. The number of ether oxygens (including phenoxy) is 1. The summed E-state index contributed by atoms with van der Waals surface area (Å²) in [4.78, 5) is 0.253. The molecule has 0 atom stereocenters. The molecule has 2 aromatic carbocycles. The summed E-state index contributed by atoms with van der Waals surface area (Å²) < 4.78 is 28.6. The molecule has 21 heavy (non-hydrogen) atoms. The van der Waals surface area contributed by atoms with Crippen molar-refractivity contribution in [3.63, 3.8) is 0 Å². The number of benzene rings is 2. The SMILES string of the molecule is CS(=O)(=O)c1ccc(Oc2cc(Cl)ccc2CCN)cc1. The molecule has 0 spiro atoms. The second-order valence-electron chi connectivity index (χ2n) is 4.64. The van der Waals surface area contributed by atoms with Crippen LogP contribution in [0.15, 0.2) is 47.4 Å². The van der Waals surface area contributed by atoms with Crippen LogP contribution >= 0.6 is 11.6 Å². The minimum atomic E-state index is -3.21. The van der Waals surface area contributed by atoms with Gasteiger partial charge in [0, 0.05) is 11.3 Å². The van der Waals surface area contributed by atoms with Gasteiger partial charge >= 0.3 is 0 Å². The minimum Gasteiger partial charge on any atom is -0.457 e. The summed E-state index contributed by atoms with van der Waals surface area (Å²) >= 11 is 5.98. The first kappa shape index (κ1) is 15.8. The van der Waals surface area contributed by atoms with Gasteiger partial charge in [-0.05, 0) is 54.9 Å². The first-order valence-electron chi connectivity index (χ1n) is 6.36. The van der Waals surface area contributed by atoms with Crippen molar-refractivity contribution in [3.8, 4) is 11.5 Å². The molecular formula is C15H16ClNO3S. The Labute approximate surface area is 129 Å². The van der Waals surface area contributed by atoms with Crippen LogP contribution in [-0.4, -0.2) is 21.2 Å². The Bertz CT molecular complexity index is 727. The van der Waals surface area contributed by atoms with E-state index in [2.05, 4.69) is 0 Å². The number of sulfone groups is 1. The zero-order valence-electron chi connectivity index (χ0n) is 11.5. The van der Waals surface area contributed by atoms with Crippen molar-refractivity contribution in [3.05, 3.63) is 53.1 Å². The molecule has 6 heteroatoms. The largest absolute Gasteiger partial charge is 0.457 e. The highest BCUT2D eigenvalue weighted by atomic mass is 35.5. The minimum absolute atomic E-state index is 0.253. The average Bonchev–Trinajstić information content (AvgIpc) is 2.42.